The van der Waals surface area contributed by atoms with Gasteiger partial charge in [0.05, 0.1) is 13.3 Å². The molecule has 20 heavy (non-hydrogen) atoms. The summed E-state index contributed by atoms with van der Waals surface area (Å²) in [7, 11) is 1.60. The highest BCUT2D eigenvalue weighted by Gasteiger charge is 2.09. The van der Waals surface area contributed by atoms with Gasteiger partial charge in [0.2, 0.25) is 5.96 Å². The molecule has 0 radical (unpaired) electrons. The Labute approximate surface area is 116 Å². The zero-order valence-corrected chi connectivity index (χ0v) is 10.9. The van der Waals surface area contributed by atoms with E-state index >= 15 is 0 Å². The minimum absolute atomic E-state index is 0.125. The quantitative estimate of drug-likeness (QED) is 0.477. The van der Waals surface area contributed by atoms with E-state index in [1.165, 1.54) is 0 Å². The van der Waals surface area contributed by atoms with Gasteiger partial charge >= 0.3 is 0 Å². The van der Waals surface area contributed by atoms with E-state index in [1.807, 2.05) is 24.3 Å². The predicted molar refractivity (Wildman–Crippen MR) is 76.5 cm³/mol. The number of hydrogen-bond donors (Lipinski definition) is 2. The van der Waals surface area contributed by atoms with Crippen LogP contribution in [-0.4, -0.2) is 28.7 Å². The first-order chi connectivity index (χ1) is 9.70. The average Bonchev–Trinajstić information content (AvgIpc) is 2.49. The lowest BCUT2D eigenvalue weighted by molar-refractivity contribution is 0.415. The number of ether oxygens (including phenoxy) is 1. The van der Waals surface area contributed by atoms with Crippen LogP contribution >= 0.6 is 0 Å². The van der Waals surface area contributed by atoms with Crippen molar-refractivity contribution < 1.29 is 4.74 Å². The van der Waals surface area contributed by atoms with Gasteiger partial charge in [-0.25, -0.2) is 0 Å². The highest BCUT2D eigenvalue weighted by atomic mass is 16.5. The maximum Gasteiger partial charge on any atom is 0.211 e. The second-order valence-electron chi connectivity index (χ2n) is 3.79. The van der Waals surface area contributed by atoms with Crippen LogP contribution in [0.15, 0.2) is 53.1 Å². The van der Waals surface area contributed by atoms with Crippen molar-refractivity contribution in [2.75, 3.05) is 7.11 Å². The van der Waals surface area contributed by atoms with Gasteiger partial charge in [0.25, 0.3) is 0 Å². The summed E-state index contributed by atoms with van der Waals surface area (Å²) >= 11 is 0. The van der Waals surface area contributed by atoms with Gasteiger partial charge in [-0.1, -0.05) is 0 Å². The molecule has 0 unspecified atom stereocenters. The van der Waals surface area contributed by atoms with E-state index in [0.717, 1.165) is 11.3 Å². The van der Waals surface area contributed by atoms with Gasteiger partial charge in [-0.05, 0) is 24.3 Å². The molecule has 4 N–H and O–H groups in total. The molecule has 7 heteroatoms. The van der Waals surface area contributed by atoms with Gasteiger partial charge < -0.3 is 16.2 Å². The molecule has 1 aromatic heterocycles. The third-order valence-corrected chi connectivity index (χ3v) is 2.43. The third kappa shape index (κ3) is 3.29. The van der Waals surface area contributed by atoms with Crippen LogP contribution in [0.1, 0.15) is 11.3 Å². The fourth-order valence-corrected chi connectivity index (χ4v) is 1.53. The monoisotopic (exact) mass is 270 g/mol. The molecular formula is C13H14N6O. The number of benzene rings is 1. The first-order valence-electron chi connectivity index (χ1n) is 5.78. The van der Waals surface area contributed by atoms with Crippen LogP contribution in [0.3, 0.4) is 0 Å². The molecule has 2 rings (SSSR count). The van der Waals surface area contributed by atoms with Gasteiger partial charge in [-0.2, -0.15) is 0 Å². The van der Waals surface area contributed by atoms with Crippen molar-refractivity contribution in [3.05, 3.63) is 54.1 Å². The van der Waals surface area contributed by atoms with Crippen LogP contribution in [0.5, 0.6) is 5.75 Å². The lowest BCUT2D eigenvalue weighted by Crippen LogP contribution is -2.22. The summed E-state index contributed by atoms with van der Waals surface area (Å²) in [6.07, 6.45) is 4.74. The summed E-state index contributed by atoms with van der Waals surface area (Å²) in [6, 6.07) is 7.32. The first kappa shape index (κ1) is 13.5. The molecule has 0 atom stereocenters. The van der Waals surface area contributed by atoms with Crippen LogP contribution < -0.4 is 16.2 Å². The zero-order chi connectivity index (χ0) is 14.4. The topological polar surface area (TPSA) is 112 Å². The van der Waals surface area contributed by atoms with E-state index in [1.54, 1.807) is 25.7 Å². The van der Waals surface area contributed by atoms with E-state index < -0.39 is 0 Å². The Morgan fingerprint density at radius 1 is 1.10 bits per heavy atom. The van der Waals surface area contributed by atoms with Crippen LogP contribution in [0.4, 0.5) is 0 Å². The van der Waals surface area contributed by atoms with E-state index in [4.69, 9.17) is 16.2 Å². The summed E-state index contributed by atoms with van der Waals surface area (Å²) in [4.78, 5) is 8.21. The summed E-state index contributed by atoms with van der Waals surface area (Å²) in [6.45, 7) is 0. The van der Waals surface area contributed by atoms with E-state index in [-0.39, 0.29) is 5.96 Å². The van der Waals surface area contributed by atoms with Crippen LogP contribution in [0, 0.1) is 0 Å². The number of methoxy groups -OCH3 is 1. The molecule has 0 amide bonds. The second-order valence-corrected chi connectivity index (χ2v) is 3.79. The predicted octanol–water partition coefficient (Wildman–Crippen LogP) is 0.511. The van der Waals surface area contributed by atoms with Crippen molar-refractivity contribution in [3.8, 4) is 5.75 Å². The maximum absolute atomic E-state index is 5.31. The van der Waals surface area contributed by atoms with Crippen LogP contribution in [0.25, 0.3) is 0 Å². The molecule has 1 heterocycles. The molecule has 102 valence electrons. The number of nitrogens with zero attached hydrogens (tertiary/aromatic N) is 4. The number of hydrogen-bond acceptors (Lipinski definition) is 5. The van der Waals surface area contributed by atoms with Crippen molar-refractivity contribution in [2.45, 2.75) is 0 Å². The van der Waals surface area contributed by atoms with Gasteiger partial charge in [-0.3, -0.25) is 9.97 Å². The van der Waals surface area contributed by atoms with Crippen LogP contribution in [0.2, 0.25) is 0 Å². The Balaban J connectivity index is 2.46. The summed E-state index contributed by atoms with van der Waals surface area (Å²) < 4.78 is 5.12. The summed E-state index contributed by atoms with van der Waals surface area (Å²) in [5, 5.41) is 7.71. The largest absolute Gasteiger partial charge is 0.497 e. The minimum Gasteiger partial charge on any atom is -0.497 e. The first-order valence-corrected chi connectivity index (χ1v) is 5.78. The highest BCUT2D eigenvalue weighted by Crippen LogP contribution is 2.14. The molecule has 0 fully saturated rings. The van der Waals surface area contributed by atoms with Crippen molar-refractivity contribution in [2.24, 2.45) is 21.7 Å². The average molecular weight is 270 g/mol. The van der Waals surface area contributed by atoms with E-state index in [9.17, 15) is 0 Å². The molecule has 0 saturated heterocycles. The Morgan fingerprint density at radius 3 is 2.40 bits per heavy atom. The van der Waals surface area contributed by atoms with Crippen molar-refractivity contribution in [3.63, 3.8) is 0 Å². The molecule has 0 aliphatic carbocycles. The summed E-state index contributed by atoms with van der Waals surface area (Å²) in [5.41, 5.74) is 12.5. The highest BCUT2D eigenvalue weighted by molar-refractivity contribution is 6.11. The van der Waals surface area contributed by atoms with Crippen LogP contribution in [-0.2, 0) is 0 Å². The smallest absolute Gasteiger partial charge is 0.211 e. The van der Waals surface area contributed by atoms with Gasteiger partial charge in [0.1, 0.15) is 17.2 Å². The molecular weight excluding hydrogens is 256 g/mol. The molecule has 0 saturated carbocycles. The molecule has 0 aliphatic heterocycles. The SMILES string of the molecule is COc1ccc(C(=NN=C(N)N)c2cnccn2)cc1. The zero-order valence-electron chi connectivity index (χ0n) is 10.9. The molecule has 0 spiro atoms. The fraction of sp³-hybridized carbons (Fsp3) is 0.0769. The fourth-order valence-electron chi connectivity index (χ4n) is 1.53. The minimum atomic E-state index is -0.125. The standard InChI is InChI=1S/C13H14N6O/c1-20-10-4-2-9(3-5-10)12(18-19-13(14)15)11-8-16-6-7-17-11/h2-8H,1H3,(H4,14,15,19). The maximum atomic E-state index is 5.31. The Kier molecular flexibility index (Phi) is 4.23. The molecule has 0 bridgehead atoms. The van der Waals surface area contributed by atoms with Crippen molar-refractivity contribution in [1.29, 1.82) is 0 Å². The molecule has 7 nitrogen and oxygen atoms in total. The Hall–Kier alpha value is -2.96. The number of aromatic nitrogens is 2. The third-order valence-electron chi connectivity index (χ3n) is 2.43. The van der Waals surface area contributed by atoms with E-state index in [0.29, 0.717) is 11.4 Å². The molecule has 2 aromatic rings. The summed E-state index contributed by atoms with van der Waals surface area (Å²) in [5.74, 6) is 0.619. The number of rotatable bonds is 4. The number of guanidine groups is 1. The van der Waals surface area contributed by atoms with Crippen molar-refractivity contribution in [1.82, 2.24) is 9.97 Å². The van der Waals surface area contributed by atoms with Crippen molar-refractivity contribution >= 4 is 11.7 Å². The Bertz CT molecular complexity index is 617. The van der Waals surface area contributed by atoms with Gasteiger partial charge in [-0.15, -0.1) is 10.2 Å². The lowest BCUT2D eigenvalue weighted by Gasteiger charge is -2.05. The Morgan fingerprint density at radius 2 is 1.85 bits per heavy atom. The molecule has 1 aromatic carbocycles. The van der Waals surface area contributed by atoms with Gasteiger partial charge in [0, 0.05) is 18.0 Å². The van der Waals surface area contributed by atoms with E-state index in [2.05, 4.69) is 20.2 Å². The normalized spacial score (nSPS) is 10.9. The second kappa shape index (κ2) is 6.28. The molecule has 0 aliphatic rings. The lowest BCUT2D eigenvalue weighted by atomic mass is 10.1. The van der Waals surface area contributed by atoms with Gasteiger partial charge in [0.15, 0.2) is 0 Å². The number of nitrogens with two attached hydrogens (primary N) is 2.